The third-order valence-electron chi connectivity index (χ3n) is 1.62. The fourth-order valence-electron chi connectivity index (χ4n) is 1.29. The lowest BCUT2D eigenvalue weighted by atomic mass is 10.00. The second-order valence-electron chi connectivity index (χ2n) is 2.87. The van der Waals surface area contributed by atoms with Crippen molar-refractivity contribution in [2.24, 2.45) is 5.92 Å². The van der Waals surface area contributed by atoms with Crippen LogP contribution in [0.3, 0.4) is 0 Å². The highest BCUT2D eigenvalue weighted by Gasteiger charge is 2.20. The number of nitrogens with zero attached hydrogens (tertiary/aromatic N) is 1. The van der Waals surface area contributed by atoms with Crippen LogP contribution in [0.4, 0.5) is 0 Å². The van der Waals surface area contributed by atoms with E-state index in [-0.39, 0.29) is 6.10 Å². The van der Waals surface area contributed by atoms with Gasteiger partial charge in [-0.2, -0.15) is 5.06 Å². The van der Waals surface area contributed by atoms with E-state index >= 15 is 0 Å². The molecule has 1 heterocycles. The van der Waals surface area contributed by atoms with Gasteiger partial charge in [0, 0.05) is 13.1 Å². The van der Waals surface area contributed by atoms with Crippen LogP contribution in [0.2, 0.25) is 0 Å². The smallest absolute Gasteiger partial charge is 0.0693 e. The molecule has 0 unspecified atom stereocenters. The van der Waals surface area contributed by atoms with E-state index in [2.05, 4.69) is 0 Å². The molecule has 0 aliphatic carbocycles. The van der Waals surface area contributed by atoms with Gasteiger partial charge < -0.3 is 10.3 Å². The van der Waals surface area contributed by atoms with E-state index in [1.54, 1.807) is 0 Å². The predicted molar refractivity (Wildman–Crippen MR) is 33.1 cm³/mol. The summed E-state index contributed by atoms with van der Waals surface area (Å²) in [4.78, 5) is 0. The molecule has 0 amide bonds. The number of aliphatic hydroxyl groups excluding tert-OH is 1. The zero-order valence-corrected chi connectivity index (χ0v) is 5.62. The lowest BCUT2D eigenvalue weighted by molar-refractivity contribution is -0.145. The van der Waals surface area contributed by atoms with Gasteiger partial charge in [-0.1, -0.05) is 6.92 Å². The summed E-state index contributed by atoms with van der Waals surface area (Å²) >= 11 is 0. The fourth-order valence-corrected chi connectivity index (χ4v) is 1.29. The molecule has 0 radical (unpaired) electrons. The van der Waals surface area contributed by atoms with Gasteiger partial charge in [0.25, 0.3) is 0 Å². The van der Waals surface area contributed by atoms with Gasteiger partial charge in [-0.05, 0) is 12.3 Å². The Labute approximate surface area is 54.9 Å². The number of hydrogen-bond donors (Lipinski definition) is 2. The Morgan fingerprint density at radius 1 is 1.44 bits per heavy atom. The molecule has 0 saturated carbocycles. The van der Waals surface area contributed by atoms with E-state index in [1.807, 2.05) is 6.92 Å². The van der Waals surface area contributed by atoms with Gasteiger partial charge in [0.05, 0.1) is 6.10 Å². The average Bonchev–Trinajstić information content (AvgIpc) is 1.59. The lowest BCUT2D eigenvalue weighted by Crippen LogP contribution is -2.40. The van der Waals surface area contributed by atoms with Crippen LogP contribution in [0.25, 0.3) is 0 Å². The quantitative estimate of drug-likeness (QED) is 0.489. The Balaban J connectivity index is 2.34. The van der Waals surface area contributed by atoms with Crippen molar-refractivity contribution in [3.8, 4) is 0 Å². The van der Waals surface area contributed by atoms with Crippen molar-refractivity contribution >= 4 is 0 Å². The fraction of sp³-hybridized carbons (Fsp3) is 1.00. The van der Waals surface area contributed by atoms with Crippen molar-refractivity contribution in [1.29, 1.82) is 0 Å². The van der Waals surface area contributed by atoms with Crippen molar-refractivity contribution in [3.05, 3.63) is 0 Å². The van der Waals surface area contributed by atoms with E-state index in [4.69, 9.17) is 10.3 Å². The number of piperidine rings is 1. The molecule has 0 aromatic heterocycles. The first-order chi connectivity index (χ1) is 4.18. The second kappa shape index (κ2) is 2.64. The number of hydrogen-bond acceptors (Lipinski definition) is 3. The van der Waals surface area contributed by atoms with Crippen LogP contribution in [0.5, 0.6) is 0 Å². The molecule has 2 atom stereocenters. The SMILES string of the molecule is C[C@H]1C[C@@H](O)CN(O)C1. The first-order valence-electron chi connectivity index (χ1n) is 3.30. The van der Waals surface area contributed by atoms with Crippen LogP contribution in [0.15, 0.2) is 0 Å². The molecule has 1 fully saturated rings. The van der Waals surface area contributed by atoms with Gasteiger partial charge in [-0.3, -0.25) is 0 Å². The summed E-state index contributed by atoms with van der Waals surface area (Å²) in [5.74, 6) is 0.416. The van der Waals surface area contributed by atoms with Gasteiger partial charge in [0.15, 0.2) is 0 Å². The van der Waals surface area contributed by atoms with Crippen LogP contribution < -0.4 is 0 Å². The number of aliphatic hydroxyl groups is 1. The molecular formula is C6H13NO2. The molecule has 3 nitrogen and oxygen atoms in total. The van der Waals surface area contributed by atoms with Crippen LogP contribution in [0.1, 0.15) is 13.3 Å². The molecule has 3 heteroatoms. The van der Waals surface area contributed by atoms with Crippen molar-refractivity contribution in [3.63, 3.8) is 0 Å². The molecule has 1 aliphatic rings. The number of β-amino-alcohol motifs (C(OH)–C–C–N with tert-alkyl or cyclic N) is 1. The van der Waals surface area contributed by atoms with Crippen molar-refractivity contribution in [1.82, 2.24) is 5.06 Å². The monoisotopic (exact) mass is 131 g/mol. The lowest BCUT2D eigenvalue weighted by Gasteiger charge is -2.29. The molecule has 0 bridgehead atoms. The topological polar surface area (TPSA) is 43.7 Å². The molecule has 2 N–H and O–H groups in total. The van der Waals surface area contributed by atoms with E-state index in [0.717, 1.165) is 6.42 Å². The van der Waals surface area contributed by atoms with Gasteiger partial charge in [0.2, 0.25) is 0 Å². The number of hydroxylamine groups is 2. The van der Waals surface area contributed by atoms with Gasteiger partial charge in [-0.25, -0.2) is 0 Å². The van der Waals surface area contributed by atoms with Gasteiger partial charge in [-0.15, -0.1) is 0 Å². The highest BCUT2D eigenvalue weighted by Crippen LogP contribution is 2.13. The third kappa shape index (κ3) is 1.93. The summed E-state index contributed by atoms with van der Waals surface area (Å²) in [6, 6.07) is 0. The van der Waals surface area contributed by atoms with Crippen LogP contribution in [-0.4, -0.2) is 34.6 Å². The third-order valence-corrected chi connectivity index (χ3v) is 1.62. The molecule has 9 heavy (non-hydrogen) atoms. The Morgan fingerprint density at radius 2 is 2.11 bits per heavy atom. The Morgan fingerprint density at radius 3 is 2.56 bits per heavy atom. The van der Waals surface area contributed by atoms with Gasteiger partial charge in [0.1, 0.15) is 0 Å². The molecule has 0 spiro atoms. The summed E-state index contributed by atoms with van der Waals surface area (Å²) in [5.41, 5.74) is 0. The number of rotatable bonds is 0. The van der Waals surface area contributed by atoms with Gasteiger partial charge >= 0.3 is 0 Å². The zero-order valence-electron chi connectivity index (χ0n) is 5.62. The molecular weight excluding hydrogens is 118 g/mol. The Kier molecular flexibility index (Phi) is 2.05. The maximum absolute atomic E-state index is 9.05. The van der Waals surface area contributed by atoms with E-state index in [9.17, 15) is 0 Å². The van der Waals surface area contributed by atoms with E-state index in [1.165, 1.54) is 5.06 Å². The minimum absolute atomic E-state index is 0.334. The van der Waals surface area contributed by atoms with Crippen molar-refractivity contribution < 1.29 is 10.3 Å². The zero-order chi connectivity index (χ0) is 6.85. The first kappa shape index (κ1) is 6.99. The minimum atomic E-state index is -0.334. The highest BCUT2D eigenvalue weighted by molar-refractivity contribution is 4.70. The van der Waals surface area contributed by atoms with Crippen LogP contribution in [0, 0.1) is 5.92 Å². The second-order valence-corrected chi connectivity index (χ2v) is 2.87. The normalized spacial score (nSPS) is 39.0. The predicted octanol–water partition coefficient (Wildman–Crippen LogP) is 0.0783. The molecule has 0 aromatic rings. The maximum atomic E-state index is 9.05. The molecule has 1 rings (SSSR count). The van der Waals surface area contributed by atoms with Crippen LogP contribution >= 0.6 is 0 Å². The summed E-state index contributed by atoms with van der Waals surface area (Å²) in [6.07, 6.45) is 0.482. The molecule has 0 aromatic carbocycles. The Bertz CT molecular complexity index is 72.0. The summed E-state index contributed by atoms with van der Waals surface area (Å²) in [7, 11) is 0. The molecule has 54 valence electrons. The average molecular weight is 131 g/mol. The van der Waals surface area contributed by atoms with E-state index < -0.39 is 0 Å². The minimum Gasteiger partial charge on any atom is -0.392 e. The van der Waals surface area contributed by atoms with E-state index in [0.29, 0.717) is 19.0 Å². The highest BCUT2D eigenvalue weighted by atomic mass is 16.5. The largest absolute Gasteiger partial charge is 0.392 e. The summed E-state index contributed by atoms with van der Waals surface area (Å²) in [5, 5.41) is 19.2. The van der Waals surface area contributed by atoms with Crippen LogP contribution in [-0.2, 0) is 0 Å². The van der Waals surface area contributed by atoms with Crippen molar-refractivity contribution in [2.45, 2.75) is 19.4 Å². The maximum Gasteiger partial charge on any atom is 0.0693 e. The standard InChI is InChI=1S/C6H13NO2/c1-5-2-6(8)4-7(9)3-5/h5-6,8-9H,2-4H2,1H3/t5-,6+/m0/s1. The first-order valence-corrected chi connectivity index (χ1v) is 3.30. The summed E-state index contributed by atoms with van der Waals surface area (Å²) < 4.78 is 0. The summed E-state index contributed by atoms with van der Waals surface area (Å²) in [6.45, 7) is 3.12. The van der Waals surface area contributed by atoms with Crippen molar-refractivity contribution in [2.75, 3.05) is 13.1 Å². The molecule has 1 aliphatic heterocycles. The Hall–Kier alpha value is -0.120. The molecule has 1 saturated heterocycles.